The summed E-state index contributed by atoms with van der Waals surface area (Å²) in [6.07, 6.45) is 0. The van der Waals surface area contributed by atoms with Crippen LogP contribution in [0.25, 0.3) is 0 Å². The second kappa shape index (κ2) is 4.92. The highest BCUT2D eigenvalue weighted by atomic mass is 32.1. The summed E-state index contributed by atoms with van der Waals surface area (Å²) in [5, 5.41) is 2.43. The molecule has 0 saturated carbocycles. The van der Waals surface area contributed by atoms with Gasteiger partial charge in [-0.1, -0.05) is 0 Å². The SMILES string of the molecule is COCCN(C)c1nc(C(N)=O)cs1. The second-order valence-electron chi connectivity index (χ2n) is 2.79. The molecule has 0 unspecified atom stereocenters. The number of anilines is 1. The normalized spacial score (nSPS) is 10.1. The summed E-state index contributed by atoms with van der Waals surface area (Å²) in [6.45, 7) is 1.37. The van der Waals surface area contributed by atoms with E-state index in [9.17, 15) is 4.79 Å². The zero-order valence-electron chi connectivity index (χ0n) is 8.19. The summed E-state index contributed by atoms with van der Waals surface area (Å²) in [7, 11) is 3.53. The van der Waals surface area contributed by atoms with E-state index >= 15 is 0 Å². The number of hydrogen-bond donors (Lipinski definition) is 1. The molecule has 1 amide bonds. The maximum atomic E-state index is 10.8. The van der Waals surface area contributed by atoms with Crippen LogP contribution in [0, 0.1) is 0 Å². The van der Waals surface area contributed by atoms with Crippen LogP contribution in [-0.2, 0) is 4.74 Å². The minimum atomic E-state index is -0.493. The molecule has 1 aromatic heterocycles. The van der Waals surface area contributed by atoms with Crippen LogP contribution < -0.4 is 10.6 Å². The number of aromatic nitrogens is 1. The van der Waals surface area contributed by atoms with Gasteiger partial charge in [-0.2, -0.15) is 0 Å². The van der Waals surface area contributed by atoms with Crippen LogP contribution in [0.3, 0.4) is 0 Å². The van der Waals surface area contributed by atoms with Crippen molar-refractivity contribution in [2.75, 3.05) is 32.2 Å². The van der Waals surface area contributed by atoms with E-state index in [2.05, 4.69) is 4.98 Å². The number of ether oxygens (including phenoxy) is 1. The van der Waals surface area contributed by atoms with E-state index in [0.717, 1.165) is 11.7 Å². The Morgan fingerprint density at radius 3 is 3.00 bits per heavy atom. The molecule has 0 bridgehead atoms. The van der Waals surface area contributed by atoms with Gasteiger partial charge in [0.2, 0.25) is 0 Å². The van der Waals surface area contributed by atoms with Gasteiger partial charge in [-0.3, -0.25) is 4.79 Å². The van der Waals surface area contributed by atoms with Gasteiger partial charge in [0.15, 0.2) is 5.13 Å². The molecule has 2 N–H and O–H groups in total. The third kappa shape index (κ3) is 2.68. The number of nitrogens with zero attached hydrogens (tertiary/aromatic N) is 2. The van der Waals surface area contributed by atoms with Crippen molar-refractivity contribution in [3.63, 3.8) is 0 Å². The zero-order valence-corrected chi connectivity index (χ0v) is 9.00. The van der Waals surface area contributed by atoms with E-state index in [0.29, 0.717) is 12.3 Å². The highest BCUT2D eigenvalue weighted by molar-refractivity contribution is 7.13. The smallest absolute Gasteiger partial charge is 0.268 e. The number of amides is 1. The molecule has 0 aromatic carbocycles. The quantitative estimate of drug-likeness (QED) is 0.768. The average Bonchev–Trinajstić information content (AvgIpc) is 2.62. The Labute approximate surface area is 86.5 Å². The van der Waals surface area contributed by atoms with Crippen LogP contribution in [-0.4, -0.2) is 38.2 Å². The molecule has 5 nitrogen and oxygen atoms in total. The number of rotatable bonds is 5. The summed E-state index contributed by atoms with van der Waals surface area (Å²) < 4.78 is 4.93. The molecule has 0 aliphatic carbocycles. The first-order chi connectivity index (χ1) is 6.65. The van der Waals surface area contributed by atoms with Crippen molar-refractivity contribution in [2.45, 2.75) is 0 Å². The van der Waals surface area contributed by atoms with E-state index in [1.165, 1.54) is 11.3 Å². The Kier molecular flexibility index (Phi) is 3.84. The fourth-order valence-corrected chi connectivity index (χ4v) is 1.68. The molecule has 0 saturated heterocycles. The number of hydrogen-bond acceptors (Lipinski definition) is 5. The number of methoxy groups -OCH3 is 1. The number of likely N-dealkylation sites (N-methyl/N-ethyl adjacent to an activating group) is 1. The Balaban J connectivity index is 2.61. The third-order valence-electron chi connectivity index (χ3n) is 1.70. The lowest BCUT2D eigenvalue weighted by atomic mass is 10.5. The zero-order chi connectivity index (χ0) is 10.6. The predicted molar refractivity (Wildman–Crippen MR) is 55.8 cm³/mol. The summed E-state index contributed by atoms with van der Waals surface area (Å²) in [6, 6.07) is 0. The highest BCUT2D eigenvalue weighted by Crippen LogP contribution is 2.18. The van der Waals surface area contributed by atoms with Gasteiger partial charge in [0.05, 0.1) is 6.61 Å². The van der Waals surface area contributed by atoms with Crippen molar-refractivity contribution >= 4 is 22.4 Å². The summed E-state index contributed by atoms with van der Waals surface area (Å²) in [5.74, 6) is -0.493. The fraction of sp³-hybridized carbons (Fsp3) is 0.500. The molecule has 0 spiro atoms. The lowest BCUT2D eigenvalue weighted by Crippen LogP contribution is -2.22. The summed E-state index contributed by atoms with van der Waals surface area (Å²) in [4.78, 5) is 16.8. The van der Waals surface area contributed by atoms with Gasteiger partial charge >= 0.3 is 0 Å². The lowest BCUT2D eigenvalue weighted by Gasteiger charge is -2.14. The van der Waals surface area contributed by atoms with Crippen molar-refractivity contribution in [1.29, 1.82) is 0 Å². The monoisotopic (exact) mass is 215 g/mol. The van der Waals surface area contributed by atoms with Gasteiger partial charge < -0.3 is 15.4 Å². The minimum Gasteiger partial charge on any atom is -0.383 e. The first-order valence-electron chi connectivity index (χ1n) is 4.10. The van der Waals surface area contributed by atoms with Crippen LogP contribution in [0.5, 0.6) is 0 Å². The van der Waals surface area contributed by atoms with Gasteiger partial charge in [-0.15, -0.1) is 11.3 Å². The Morgan fingerprint density at radius 2 is 2.50 bits per heavy atom. The van der Waals surface area contributed by atoms with Gasteiger partial charge in [-0.25, -0.2) is 4.98 Å². The lowest BCUT2D eigenvalue weighted by molar-refractivity contribution is 0.0996. The number of thiazole rings is 1. The van der Waals surface area contributed by atoms with E-state index in [-0.39, 0.29) is 0 Å². The minimum absolute atomic E-state index is 0.314. The van der Waals surface area contributed by atoms with Crippen molar-refractivity contribution in [1.82, 2.24) is 4.98 Å². The fourth-order valence-electron chi connectivity index (χ4n) is 0.877. The van der Waals surface area contributed by atoms with Crippen molar-refractivity contribution in [2.24, 2.45) is 5.73 Å². The predicted octanol–water partition coefficient (Wildman–Crippen LogP) is 0.325. The molecule has 0 radical (unpaired) electrons. The molecule has 0 fully saturated rings. The van der Waals surface area contributed by atoms with Crippen LogP contribution in [0.2, 0.25) is 0 Å². The first kappa shape index (κ1) is 10.9. The van der Waals surface area contributed by atoms with Crippen molar-refractivity contribution in [3.05, 3.63) is 11.1 Å². The topological polar surface area (TPSA) is 68.4 Å². The van der Waals surface area contributed by atoms with Gasteiger partial charge in [0.25, 0.3) is 5.91 Å². The van der Waals surface area contributed by atoms with Gasteiger partial charge in [0, 0.05) is 26.1 Å². The Bertz CT molecular complexity index is 313. The number of primary amides is 1. The summed E-state index contributed by atoms with van der Waals surface area (Å²) >= 11 is 1.39. The molecule has 1 heterocycles. The molecule has 0 aliphatic rings. The Morgan fingerprint density at radius 1 is 1.79 bits per heavy atom. The average molecular weight is 215 g/mol. The molecule has 0 aliphatic heterocycles. The molecule has 78 valence electrons. The molecule has 6 heteroatoms. The molecule has 0 atom stereocenters. The molecule has 1 aromatic rings. The van der Waals surface area contributed by atoms with Crippen LogP contribution >= 0.6 is 11.3 Å². The van der Waals surface area contributed by atoms with Crippen LogP contribution in [0.4, 0.5) is 5.13 Å². The molecular weight excluding hydrogens is 202 g/mol. The van der Waals surface area contributed by atoms with E-state index in [1.54, 1.807) is 12.5 Å². The standard InChI is InChI=1S/C8H13N3O2S/c1-11(3-4-13-2)8-10-6(5-14-8)7(9)12/h5H,3-4H2,1-2H3,(H2,9,12). The number of carbonyl (C=O) groups is 1. The maximum Gasteiger partial charge on any atom is 0.268 e. The molecule has 1 rings (SSSR count). The van der Waals surface area contributed by atoms with E-state index < -0.39 is 5.91 Å². The van der Waals surface area contributed by atoms with Crippen molar-refractivity contribution < 1.29 is 9.53 Å². The Hall–Kier alpha value is -1.14. The van der Waals surface area contributed by atoms with E-state index in [1.807, 2.05) is 11.9 Å². The molecular formula is C8H13N3O2S. The summed E-state index contributed by atoms with van der Waals surface area (Å²) in [5.41, 5.74) is 5.40. The third-order valence-corrected chi connectivity index (χ3v) is 2.66. The molecule has 14 heavy (non-hydrogen) atoms. The van der Waals surface area contributed by atoms with E-state index in [4.69, 9.17) is 10.5 Å². The van der Waals surface area contributed by atoms with Gasteiger partial charge in [-0.05, 0) is 0 Å². The van der Waals surface area contributed by atoms with Crippen molar-refractivity contribution in [3.8, 4) is 0 Å². The second-order valence-corrected chi connectivity index (χ2v) is 3.63. The van der Waals surface area contributed by atoms with Crippen LogP contribution in [0.1, 0.15) is 10.5 Å². The highest BCUT2D eigenvalue weighted by Gasteiger charge is 2.09. The first-order valence-corrected chi connectivity index (χ1v) is 4.98. The number of nitrogens with two attached hydrogens (primary N) is 1. The maximum absolute atomic E-state index is 10.8. The van der Waals surface area contributed by atoms with Gasteiger partial charge in [0.1, 0.15) is 5.69 Å². The van der Waals surface area contributed by atoms with Crippen LogP contribution in [0.15, 0.2) is 5.38 Å². The largest absolute Gasteiger partial charge is 0.383 e. The number of carbonyl (C=O) groups excluding carboxylic acids is 1.